The Kier molecular flexibility index (Phi) is 4.05. The van der Waals surface area contributed by atoms with Crippen molar-refractivity contribution in [1.29, 1.82) is 0 Å². The standard InChI is InChI=1S/C15H19N3/c1-11(2)9-14-7-8-17-15(18-14)13-5-3-12(10-16)4-6-13/h3-8,11H,9-10,16H2,1-2H3. The second kappa shape index (κ2) is 5.74. The Balaban J connectivity index is 2.26. The van der Waals surface area contributed by atoms with E-state index in [4.69, 9.17) is 5.73 Å². The van der Waals surface area contributed by atoms with E-state index in [1.54, 1.807) is 0 Å². The molecule has 0 saturated heterocycles. The minimum atomic E-state index is 0.564. The molecule has 0 aliphatic rings. The number of hydrogen-bond acceptors (Lipinski definition) is 3. The Bertz CT molecular complexity index is 503. The van der Waals surface area contributed by atoms with Crippen molar-refractivity contribution in [3.8, 4) is 11.4 Å². The molecule has 0 spiro atoms. The van der Waals surface area contributed by atoms with E-state index in [0.717, 1.165) is 29.1 Å². The van der Waals surface area contributed by atoms with Crippen molar-refractivity contribution in [2.24, 2.45) is 11.7 Å². The Morgan fingerprint density at radius 1 is 1.11 bits per heavy atom. The molecule has 0 atom stereocenters. The van der Waals surface area contributed by atoms with E-state index >= 15 is 0 Å². The lowest BCUT2D eigenvalue weighted by molar-refractivity contribution is 0.634. The SMILES string of the molecule is CC(C)Cc1ccnc(-c2ccc(CN)cc2)n1. The minimum absolute atomic E-state index is 0.564. The molecule has 0 aliphatic heterocycles. The molecule has 3 nitrogen and oxygen atoms in total. The summed E-state index contributed by atoms with van der Waals surface area (Å²) in [6.07, 6.45) is 2.81. The highest BCUT2D eigenvalue weighted by Gasteiger charge is 2.04. The molecule has 0 radical (unpaired) electrons. The van der Waals surface area contributed by atoms with Crippen LogP contribution in [0.5, 0.6) is 0 Å². The summed E-state index contributed by atoms with van der Waals surface area (Å²) in [7, 11) is 0. The van der Waals surface area contributed by atoms with Crippen LogP contribution in [0.4, 0.5) is 0 Å². The number of benzene rings is 1. The highest BCUT2D eigenvalue weighted by molar-refractivity contribution is 5.55. The van der Waals surface area contributed by atoms with Crippen LogP contribution in [0, 0.1) is 5.92 Å². The van der Waals surface area contributed by atoms with Gasteiger partial charge in [0, 0.05) is 24.0 Å². The van der Waals surface area contributed by atoms with Crippen LogP contribution >= 0.6 is 0 Å². The van der Waals surface area contributed by atoms with Crippen LogP contribution in [0.2, 0.25) is 0 Å². The molecule has 0 unspecified atom stereocenters. The van der Waals surface area contributed by atoms with E-state index in [9.17, 15) is 0 Å². The number of hydrogen-bond donors (Lipinski definition) is 1. The lowest BCUT2D eigenvalue weighted by atomic mass is 10.1. The number of rotatable bonds is 4. The van der Waals surface area contributed by atoms with Gasteiger partial charge in [-0.05, 0) is 24.0 Å². The van der Waals surface area contributed by atoms with Gasteiger partial charge in [0.25, 0.3) is 0 Å². The molecule has 0 aliphatic carbocycles. The lowest BCUT2D eigenvalue weighted by Crippen LogP contribution is -2.00. The average Bonchev–Trinajstić information content (AvgIpc) is 2.38. The molecular weight excluding hydrogens is 222 g/mol. The van der Waals surface area contributed by atoms with Gasteiger partial charge in [0.1, 0.15) is 0 Å². The molecule has 1 aromatic carbocycles. The van der Waals surface area contributed by atoms with E-state index in [-0.39, 0.29) is 0 Å². The van der Waals surface area contributed by atoms with Crippen molar-refractivity contribution >= 4 is 0 Å². The van der Waals surface area contributed by atoms with Gasteiger partial charge in [-0.1, -0.05) is 38.1 Å². The molecule has 0 saturated carbocycles. The normalized spacial score (nSPS) is 10.9. The fourth-order valence-electron chi connectivity index (χ4n) is 1.86. The van der Waals surface area contributed by atoms with Crippen molar-refractivity contribution in [3.05, 3.63) is 47.8 Å². The zero-order chi connectivity index (χ0) is 13.0. The van der Waals surface area contributed by atoms with Crippen molar-refractivity contribution in [2.75, 3.05) is 0 Å². The maximum atomic E-state index is 5.59. The van der Waals surface area contributed by atoms with Crippen LogP contribution in [0.25, 0.3) is 11.4 Å². The first-order valence-corrected chi connectivity index (χ1v) is 6.30. The summed E-state index contributed by atoms with van der Waals surface area (Å²) in [6.45, 7) is 4.95. The summed E-state index contributed by atoms with van der Waals surface area (Å²) >= 11 is 0. The molecular formula is C15H19N3. The van der Waals surface area contributed by atoms with Crippen LogP contribution in [-0.4, -0.2) is 9.97 Å². The van der Waals surface area contributed by atoms with Gasteiger partial charge in [0.2, 0.25) is 0 Å². The molecule has 2 aromatic rings. The topological polar surface area (TPSA) is 51.8 Å². The number of nitrogens with two attached hydrogens (primary N) is 1. The van der Waals surface area contributed by atoms with Crippen LogP contribution in [0.15, 0.2) is 36.5 Å². The molecule has 2 N–H and O–H groups in total. The zero-order valence-corrected chi connectivity index (χ0v) is 10.9. The van der Waals surface area contributed by atoms with Gasteiger partial charge in [-0.3, -0.25) is 0 Å². The second-order valence-corrected chi connectivity index (χ2v) is 4.87. The fraction of sp³-hybridized carbons (Fsp3) is 0.333. The monoisotopic (exact) mass is 241 g/mol. The summed E-state index contributed by atoms with van der Waals surface area (Å²) in [6, 6.07) is 10.1. The lowest BCUT2D eigenvalue weighted by Gasteiger charge is -2.06. The molecule has 0 bridgehead atoms. The Hall–Kier alpha value is -1.74. The molecule has 18 heavy (non-hydrogen) atoms. The van der Waals surface area contributed by atoms with Gasteiger partial charge >= 0.3 is 0 Å². The molecule has 1 aromatic heterocycles. The van der Waals surface area contributed by atoms with Crippen molar-refractivity contribution < 1.29 is 0 Å². The Morgan fingerprint density at radius 2 is 1.83 bits per heavy atom. The van der Waals surface area contributed by atoms with E-state index in [2.05, 4.69) is 23.8 Å². The maximum absolute atomic E-state index is 5.59. The van der Waals surface area contributed by atoms with E-state index in [1.807, 2.05) is 36.5 Å². The molecule has 94 valence electrons. The van der Waals surface area contributed by atoms with Crippen LogP contribution in [0.3, 0.4) is 0 Å². The Morgan fingerprint density at radius 3 is 2.44 bits per heavy atom. The zero-order valence-electron chi connectivity index (χ0n) is 10.9. The van der Waals surface area contributed by atoms with Gasteiger partial charge in [-0.2, -0.15) is 0 Å². The van der Waals surface area contributed by atoms with E-state index in [1.165, 1.54) is 0 Å². The quantitative estimate of drug-likeness (QED) is 0.895. The van der Waals surface area contributed by atoms with Crippen molar-refractivity contribution in [2.45, 2.75) is 26.8 Å². The molecule has 1 heterocycles. The summed E-state index contributed by atoms with van der Waals surface area (Å²) in [5, 5.41) is 0. The third kappa shape index (κ3) is 3.14. The first-order chi connectivity index (χ1) is 8.69. The number of nitrogens with zero attached hydrogens (tertiary/aromatic N) is 2. The fourth-order valence-corrected chi connectivity index (χ4v) is 1.86. The van der Waals surface area contributed by atoms with Crippen LogP contribution in [0.1, 0.15) is 25.1 Å². The molecule has 3 heteroatoms. The van der Waals surface area contributed by atoms with Crippen LogP contribution in [-0.2, 0) is 13.0 Å². The maximum Gasteiger partial charge on any atom is 0.159 e. The third-order valence-corrected chi connectivity index (χ3v) is 2.78. The predicted octanol–water partition coefficient (Wildman–Crippen LogP) is 2.80. The molecule has 2 rings (SSSR count). The Labute approximate surface area is 108 Å². The second-order valence-electron chi connectivity index (χ2n) is 4.87. The first-order valence-electron chi connectivity index (χ1n) is 6.30. The largest absolute Gasteiger partial charge is 0.326 e. The van der Waals surface area contributed by atoms with Crippen molar-refractivity contribution in [1.82, 2.24) is 9.97 Å². The first kappa shape index (κ1) is 12.7. The van der Waals surface area contributed by atoms with Gasteiger partial charge < -0.3 is 5.73 Å². The van der Waals surface area contributed by atoms with Gasteiger partial charge in [-0.15, -0.1) is 0 Å². The molecule has 0 amide bonds. The smallest absolute Gasteiger partial charge is 0.159 e. The summed E-state index contributed by atoms with van der Waals surface area (Å²) in [5.41, 5.74) is 8.84. The number of aromatic nitrogens is 2. The highest BCUT2D eigenvalue weighted by Crippen LogP contribution is 2.16. The van der Waals surface area contributed by atoms with E-state index < -0.39 is 0 Å². The van der Waals surface area contributed by atoms with Gasteiger partial charge in [-0.25, -0.2) is 9.97 Å². The third-order valence-electron chi connectivity index (χ3n) is 2.78. The molecule has 0 fully saturated rings. The average molecular weight is 241 g/mol. The highest BCUT2D eigenvalue weighted by atomic mass is 14.9. The van der Waals surface area contributed by atoms with E-state index in [0.29, 0.717) is 12.5 Å². The van der Waals surface area contributed by atoms with Crippen molar-refractivity contribution in [3.63, 3.8) is 0 Å². The summed E-state index contributed by atoms with van der Waals surface area (Å²) in [5.74, 6) is 1.39. The predicted molar refractivity (Wildman–Crippen MR) is 73.9 cm³/mol. The van der Waals surface area contributed by atoms with Gasteiger partial charge in [0.05, 0.1) is 0 Å². The van der Waals surface area contributed by atoms with Crippen LogP contribution < -0.4 is 5.73 Å². The summed E-state index contributed by atoms with van der Waals surface area (Å²) < 4.78 is 0. The summed E-state index contributed by atoms with van der Waals surface area (Å²) in [4.78, 5) is 8.93. The minimum Gasteiger partial charge on any atom is -0.326 e. The van der Waals surface area contributed by atoms with Gasteiger partial charge in [0.15, 0.2) is 5.82 Å².